The summed E-state index contributed by atoms with van der Waals surface area (Å²) < 4.78 is 40.0. The summed E-state index contributed by atoms with van der Waals surface area (Å²) >= 11 is 0. The van der Waals surface area contributed by atoms with Crippen molar-refractivity contribution in [2.45, 2.75) is 12.6 Å². The quantitative estimate of drug-likeness (QED) is 0.597. The van der Waals surface area contributed by atoms with E-state index in [2.05, 4.69) is 6.58 Å². The molecule has 0 amide bonds. The Morgan fingerprint density at radius 1 is 1.20 bits per heavy atom. The van der Waals surface area contributed by atoms with Crippen LogP contribution in [0.15, 0.2) is 55.1 Å². The molecule has 0 aromatic heterocycles. The summed E-state index contributed by atoms with van der Waals surface area (Å²) in [5.41, 5.74) is -0.295. The van der Waals surface area contributed by atoms with E-state index < -0.39 is 23.5 Å². The first-order valence-electron chi connectivity index (χ1n) is 7.28. The fraction of sp³-hybridized carbons (Fsp3) is 0.105. The number of carbonyl (C=O) groups is 1. The molecule has 0 aliphatic rings. The number of phenols is 1. The van der Waals surface area contributed by atoms with Gasteiger partial charge in [-0.1, -0.05) is 36.4 Å². The van der Waals surface area contributed by atoms with Gasteiger partial charge in [0.2, 0.25) is 0 Å². The zero-order valence-corrected chi connectivity index (χ0v) is 13.0. The van der Waals surface area contributed by atoms with Gasteiger partial charge in [0.05, 0.1) is 0 Å². The number of carboxylic acid groups (broad SMARTS) is 1. The van der Waals surface area contributed by atoms with Crippen LogP contribution in [-0.2, 0) is 17.4 Å². The maximum absolute atomic E-state index is 13.3. The predicted molar refractivity (Wildman–Crippen MR) is 89.1 cm³/mol. The van der Waals surface area contributed by atoms with Crippen LogP contribution in [0.1, 0.15) is 16.7 Å². The average molecular weight is 348 g/mol. The molecule has 0 spiro atoms. The van der Waals surface area contributed by atoms with E-state index in [1.807, 2.05) is 0 Å². The highest BCUT2D eigenvalue weighted by atomic mass is 19.4. The first-order chi connectivity index (χ1) is 11.7. The molecule has 0 atom stereocenters. The Labute approximate surface area is 142 Å². The summed E-state index contributed by atoms with van der Waals surface area (Å²) in [6.07, 6.45) is -1.16. The molecule has 130 valence electrons. The lowest BCUT2D eigenvalue weighted by molar-refractivity contribution is -0.139. The van der Waals surface area contributed by atoms with Crippen LogP contribution in [0.25, 0.3) is 17.2 Å². The van der Waals surface area contributed by atoms with Gasteiger partial charge < -0.3 is 10.2 Å². The van der Waals surface area contributed by atoms with Gasteiger partial charge in [-0.05, 0) is 35.3 Å². The molecule has 0 heterocycles. The Balaban J connectivity index is 2.59. The van der Waals surface area contributed by atoms with Crippen molar-refractivity contribution >= 4 is 12.0 Å². The number of aromatic hydroxyl groups is 1. The monoisotopic (exact) mass is 348 g/mol. The van der Waals surface area contributed by atoms with Crippen LogP contribution in [0.3, 0.4) is 0 Å². The summed E-state index contributed by atoms with van der Waals surface area (Å²) in [6, 6.07) is 8.93. The van der Waals surface area contributed by atoms with Gasteiger partial charge in [0.15, 0.2) is 0 Å². The number of phenolic OH excluding ortho intramolecular Hbond substituents is 1. The maximum atomic E-state index is 13.3. The van der Waals surface area contributed by atoms with Crippen LogP contribution in [0.5, 0.6) is 5.75 Å². The molecular weight excluding hydrogens is 333 g/mol. The lowest BCUT2D eigenvalue weighted by Crippen LogP contribution is -2.10. The number of benzene rings is 2. The normalized spacial score (nSPS) is 11.6. The SMILES string of the molecule is C=CCc1ccc(-c2cccc(/C=C/C(=O)O)c2)c(O)c1C(F)(F)F. The second-order valence-electron chi connectivity index (χ2n) is 5.28. The number of hydrogen-bond donors (Lipinski definition) is 2. The van der Waals surface area contributed by atoms with Gasteiger partial charge in [-0.15, -0.1) is 6.58 Å². The van der Waals surface area contributed by atoms with Gasteiger partial charge in [0.25, 0.3) is 0 Å². The van der Waals surface area contributed by atoms with Crippen LogP contribution in [0.4, 0.5) is 13.2 Å². The van der Waals surface area contributed by atoms with Gasteiger partial charge in [0, 0.05) is 11.6 Å². The van der Waals surface area contributed by atoms with E-state index in [1.54, 1.807) is 18.2 Å². The first-order valence-corrected chi connectivity index (χ1v) is 7.28. The van der Waals surface area contributed by atoms with Gasteiger partial charge >= 0.3 is 12.1 Å². The van der Waals surface area contributed by atoms with Gasteiger partial charge in [-0.25, -0.2) is 4.79 Å². The molecule has 25 heavy (non-hydrogen) atoms. The minimum atomic E-state index is -4.71. The third-order valence-corrected chi connectivity index (χ3v) is 3.53. The molecule has 0 bridgehead atoms. The van der Waals surface area contributed by atoms with E-state index in [4.69, 9.17) is 5.11 Å². The average Bonchev–Trinajstić information content (AvgIpc) is 2.52. The molecule has 2 aromatic rings. The number of alkyl halides is 3. The van der Waals surface area contributed by atoms with Crippen LogP contribution in [-0.4, -0.2) is 16.2 Å². The predicted octanol–water partition coefficient (Wildman–Crippen LogP) is 4.90. The number of allylic oxidation sites excluding steroid dienone is 1. The van der Waals surface area contributed by atoms with E-state index in [0.717, 1.165) is 6.08 Å². The first kappa shape index (κ1) is 18.3. The van der Waals surface area contributed by atoms with E-state index in [9.17, 15) is 23.1 Å². The number of carboxylic acids is 1. The minimum absolute atomic E-state index is 0.0192. The lowest BCUT2D eigenvalue weighted by atomic mass is 9.94. The number of halogens is 3. The molecule has 0 saturated carbocycles. The summed E-state index contributed by atoms with van der Waals surface area (Å²) in [7, 11) is 0. The van der Waals surface area contributed by atoms with E-state index in [-0.39, 0.29) is 17.5 Å². The van der Waals surface area contributed by atoms with E-state index in [1.165, 1.54) is 30.4 Å². The van der Waals surface area contributed by atoms with Crippen LogP contribution >= 0.6 is 0 Å². The molecule has 0 unspecified atom stereocenters. The number of aliphatic carboxylic acids is 1. The van der Waals surface area contributed by atoms with Crippen molar-refractivity contribution in [3.63, 3.8) is 0 Å². The Hall–Kier alpha value is -3.02. The molecule has 2 rings (SSSR count). The third-order valence-electron chi connectivity index (χ3n) is 3.53. The van der Waals surface area contributed by atoms with Crippen molar-refractivity contribution in [3.05, 3.63) is 71.8 Å². The van der Waals surface area contributed by atoms with Crippen molar-refractivity contribution in [2.75, 3.05) is 0 Å². The topological polar surface area (TPSA) is 57.5 Å². The van der Waals surface area contributed by atoms with Crippen molar-refractivity contribution in [3.8, 4) is 16.9 Å². The fourth-order valence-electron chi connectivity index (χ4n) is 2.49. The van der Waals surface area contributed by atoms with Crippen molar-refractivity contribution in [1.82, 2.24) is 0 Å². The van der Waals surface area contributed by atoms with Crippen molar-refractivity contribution in [2.24, 2.45) is 0 Å². The molecule has 2 aromatic carbocycles. The molecule has 0 radical (unpaired) electrons. The van der Waals surface area contributed by atoms with Gasteiger partial charge in [-0.3, -0.25) is 0 Å². The third kappa shape index (κ3) is 4.29. The smallest absolute Gasteiger partial charge is 0.420 e. The molecule has 0 aliphatic carbocycles. The Morgan fingerprint density at radius 3 is 2.52 bits per heavy atom. The summed E-state index contributed by atoms with van der Waals surface area (Å²) in [5, 5.41) is 18.9. The Morgan fingerprint density at radius 2 is 1.92 bits per heavy atom. The maximum Gasteiger partial charge on any atom is 0.420 e. The Kier molecular flexibility index (Phi) is 5.32. The zero-order valence-electron chi connectivity index (χ0n) is 13.0. The highest BCUT2D eigenvalue weighted by Gasteiger charge is 2.37. The molecular formula is C19H15F3O3. The van der Waals surface area contributed by atoms with Crippen LogP contribution < -0.4 is 0 Å². The molecule has 3 nitrogen and oxygen atoms in total. The molecule has 6 heteroatoms. The summed E-state index contributed by atoms with van der Waals surface area (Å²) in [6.45, 7) is 3.43. The summed E-state index contributed by atoms with van der Waals surface area (Å²) in [5.74, 6) is -1.99. The van der Waals surface area contributed by atoms with Crippen LogP contribution in [0, 0.1) is 0 Å². The van der Waals surface area contributed by atoms with Crippen LogP contribution in [0.2, 0.25) is 0 Å². The van der Waals surface area contributed by atoms with Crippen molar-refractivity contribution < 1.29 is 28.2 Å². The molecule has 2 N–H and O–H groups in total. The number of hydrogen-bond acceptors (Lipinski definition) is 2. The summed E-state index contributed by atoms with van der Waals surface area (Å²) in [4.78, 5) is 10.6. The fourth-order valence-corrected chi connectivity index (χ4v) is 2.49. The van der Waals surface area contributed by atoms with Gasteiger partial charge in [-0.2, -0.15) is 13.2 Å². The molecule has 0 fully saturated rings. The molecule has 0 saturated heterocycles. The standard InChI is InChI=1S/C19H15F3O3/c1-2-4-13-8-9-15(18(25)17(13)19(20,21)22)14-6-3-5-12(11-14)7-10-16(23)24/h2-3,5-11,25H,1,4H2,(H,23,24)/b10-7+. The van der Waals surface area contributed by atoms with E-state index in [0.29, 0.717) is 11.1 Å². The second kappa shape index (κ2) is 7.25. The van der Waals surface area contributed by atoms with Crippen molar-refractivity contribution in [1.29, 1.82) is 0 Å². The van der Waals surface area contributed by atoms with Gasteiger partial charge in [0.1, 0.15) is 11.3 Å². The highest BCUT2D eigenvalue weighted by Crippen LogP contribution is 2.43. The Bertz CT molecular complexity index is 836. The lowest BCUT2D eigenvalue weighted by Gasteiger charge is -2.17. The van der Waals surface area contributed by atoms with E-state index >= 15 is 0 Å². The minimum Gasteiger partial charge on any atom is -0.507 e. The molecule has 0 aliphatic heterocycles. The zero-order chi connectivity index (χ0) is 18.6. The highest BCUT2D eigenvalue weighted by molar-refractivity contribution is 5.86. The number of rotatable bonds is 5. The second-order valence-corrected chi connectivity index (χ2v) is 5.28. The largest absolute Gasteiger partial charge is 0.507 e.